The molecule has 1 amide bonds. The fourth-order valence-corrected chi connectivity index (χ4v) is 7.76. The number of ether oxygens (including phenoxy) is 6. The zero-order valence-electron chi connectivity index (χ0n) is 43.4. The van der Waals surface area contributed by atoms with E-state index in [0.717, 1.165) is 82.5 Å². The second-order valence-electron chi connectivity index (χ2n) is 21.4. The van der Waals surface area contributed by atoms with Gasteiger partial charge in [-0.2, -0.15) is 0 Å². The molecule has 0 spiro atoms. The molecule has 0 aliphatic rings. The third-order valence-corrected chi connectivity index (χ3v) is 12.3. The first-order chi connectivity index (χ1) is 30.2. The van der Waals surface area contributed by atoms with Crippen LogP contribution in [0.25, 0.3) is 0 Å². The molecular weight excluding hydrogens is 853 g/mol. The van der Waals surface area contributed by atoms with E-state index in [2.05, 4.69) is 20.8 Å². The third-order valence-electron chi connectivity index (χ3n) is 11.3. The molecule has 380 valence electrons. The van der Waals surface area contributed by atoms with Crippen LogP contribution in [-0.4, -0.2) is 131 Å². The topological polar surface area (TPSA) is 164 Å². The van der Waals surface area contributed by atoms with Gasteiger partial charge in [-0.05, 0) is 69.5 Å². The zero-order chi connectivity index (χ0) is 49.7. The zero-order valence-corrected chi connectivity index (χ0v) is 44.2. The summed E-state index contributed by atoms with van der Waals surface area (Å²) in [5.74, 6) is -1.69. The van der Waals surface area contributed by atoms with Gasteiger partial charge in [-0.25, -0.2) is 0 Å². The Balaban J connectivity index is 5.79. The summed E-state index contributed by atoms with van der Waals surface area (Å²) >= 11 is 1.12. The predicted octanol–water partition coefficient (Wildman–Crippen LogP) is 10.1. The molecule has 65 heavy (non-hydrogen) atoms. The van der Waals surface area contributed by atoms with E-state index in [0.29, 0.717) is 5.75 Å². The number of carbonyl (C=O) groups excluding carboxylic acids is 6. The minimum absolute atomic E-state index is 0.00126. The minimum Gasteiger partial charge on any atom is -0.465 e. The summed E-state index contributed by atoms with van der Waals surface area (Å²) in [5, 5.41) is -0.283. The third kappa shape index (κ3) is 31.7. The molecule has 0 radical (unpaired) electrons. The van der Waals surface area contributed by atoms with E-state index < -0.39 is 22.8 Å². The van der Waals surface area contributed by atoms with E-state index in [1.807, 2.05) is 67.5 Å². The maximum atomic E-state index is 13.5. The molecule has 0 aliphatic carbocycles. The molecule has 0 aromatic heterocycles. The predicted molar refractivity (Wildman–Crippen MR) is 258 cm³/mol. The largest absolute Gasteiger partial charge is 0.465 e. The summed E-state index contributed by atoms with van der Waals surface area (Å²) < 4.78 is 33.9. The van der Waals surface area contributed by atoms with Crippen molar-refractivity contribution in [2.24, 2.45) is 27.1 Å². The van der Waals surface area contributed by atoms with Crippen molar-refractivity contribution in [1.82, 2.24) is 9.80 Å². The maximum Gasteiger partial charge on any atom is 0.307 e. The van der Waals surface area contributed by atoms with Gasteiger partial charge in [0.25, 0.3) is 5.24 Å². The van der Waals surface area contributed by atoms with Crippen LogP contribution in [-0.2, 0) is 52.4 Å². The van der Waals surface area contributed by atoms with Crippen LogP contribution >= 0.6 is 11.8 Å². The van der Waals surface area contributed by atoms with Gasteiger partial charge in [0.15, 0.2) is 0 Å². The maximum absolute atomic E-state index is 13.5. The van der Waals surface area contributed by atoms with E-state index in [4.69, 9.17) is 28.4 Å². The number of methoxy groups -OCH3 is 1. The number of nitrogens with zero attached hydrogens (tertiary/aromatic N) is 2. The number of hydrogen-bond acceptors (Lipinski definition) is 14. The minimum atomic E-state index is -1.04. The first kappa shape index (κ1) is 62.1. The second-order valence-corrected chi connectivity index (χ2v) is 22.5. The molecule has 0 N–H and O–H groups in total. The molecule has 0 aliphatic heterocycles. The number of unbranched alkanes of at least 4 members (excludes halogenated alkanes) is 3. The number of amides is 1. The fraction of sp³-hybridized carbons (Fsp3) is 0.880. The molecule has 0 rings (SSSR count). The van der Waals surface area contributed by atoms with Crippen molar-refractivity contribution in [2.45, 2.75) is 172 Å². The van der Waals surface area contributed by atoms with Crippen molar-refractivity contribution >= 4 is 46.8 Å². The number of thioether (sulfide) groups is 1. The van der Waals surface area contributed by atoms with Crippen LogP contribution in [0, 0.1) is 27.1 Å². The Hall–Kier alpha value is -2.91. The lowest BCUT2D eigenvalue weighted by Crippen LogP contribution is -2.38. The highest BCUT2D eigenvalue weighted by molar-refractivity contribution is 8.13. The number of rotatable bonds is 37. The smallest absolute Gasteiger partial charge is 0.307 e. The molecule has 0 fully saturated rings. The lowest BCUT2D eigenvalue weighted by molar-refractivity contribution is -0.163. The molecule has 0 saturated heterocycles. The average Bonchev–Trinajstić information content (AvgIpc) is 3.21. The van der Waals surface area contributed by atoms with Gasteiger partial charge in [0.2, 0.25) is 0 Å². The number of esters is 5. The quantitative estimate of drug-likeness (QED) is 0.0328. The highest BCUT2D eigenvalue weighted by Crippen LogP contribution is 2.31. The van der Waals surface area contributed by atoms with E-state index in [1.165, 1.54) is 12.0 Å². The Kier molecular flexibility index (Phi) is 30.5. The van der Waals surface area contributed by atoms with Crippen LogP contribution in [0.15, 0.2) is 0 Å². The first-order valence-corrected chi connectivity index (χ1v) is 25.1. The van der Waals surface area contributed by atoms with Gasteiger partial charge in [0, 0.05) is 26.0 Å². The lowest BCUT2D eigenvalue weighted by Gasteiger charge is -2.30. The molecule has 0 heterocycles. The monoisotopic (exact) mass is 945 g/mol. The summed E-state index contributed by atoms with van der Waals surface area (Å²) in [4.78, 5) is 82.1. The van der Waals surface area contributed by atoms with Crippen LogP contribution < -0.4 is 0 Å². The van der Waals surface area contributed by atoms with Gasteiger partial charge >= 0.3 is 29.8 Å². The SMILES string of the molecule is CCCCC(C)(C)CC(=O)OCC(C)(COC)COC(=O)CCN(CCC(=O)OCC(C)(COC(=O)CC(C)(C)CCCC)COC(=O)CC(C)(C)CCCC)C(=O)SCCCN(C)C. The lowest BCUT2D eigenvalue weighted by atomic mass is 9.84. The normalized spacial score (nSPS) is 13.2. The van der Waals surface area contributed by atoms with Gasteiger partial charge in [0.1, 0.15) is 33.0 Å². The van der Waals surface area contributed by atoms with Crippen LogP contribution in [0.1, 0.15) is 172 Å². The van der Waals surface area contributed by atoms with Gasteiger partial charge in [-0.1, -0.05) is 120 Å². The van der Waals surface area contributed by atoms with Crippen molar-refractivity contribution in [3.8, 4) is 0 Å². The van der Waals surface area contributed by atoms with Crippen molar-refractivity contribution in [1.29, 1.82) is 0 Å². The van der Waals surface area contributed by atoms with E-state index in [9.17, 15) is 28.8 Å². The highest BCUT2D eigenvalue weighted by Gasteiger charge is 2.34. The van der Waals surface area contributed by atoms with Gasteiger partial charge in [-0.3, -0.25) is 28.8 Å². The number of hydrogen-bond donors (Lipinski definition) is 0. The Morgan fingerprint density at radius 2 is 0.785 bits per heavy atom. The van der Waals surface area contributed by atoms with Gasteiger partial charge < -0.3 is 38.2 Å². The molecule has 1 atom stereocenters. The Morgan fingerprint density at radius 1 is 0.462 bits per heavy atom. The molecule has 0 aromatic rings. The van der Waals surface area contributed by atoms with E-state index >= 15 is 0 Å². The number of carbonyl (C=O) groups is 6. The molecule has 15 heteroatoms. The van der Waals surface area contributed by atoms with Crippen molar-refractivity contribution in [3.05, 3.63) is 0 Å². The molecular formula is C50H92N2O12S. The summed E-state index contributed by atoms with van der Waals surface area (Å²) in [6.07, 6.45) is 9.93. The molecule has 0 saturated carbocycles. The Morgan fingerprint density at radius 3 is 1.09 bits per heavy atom. The fourth-order valence-electron chi connectivity index (χ4n) is 6.95. The van der Waals surface area contributed by atoms with Crippen LogP contribution in [0.3, 0.4) is 0 Å². The standard InChI is InChI=1S/C50H92N2O12S/c1-15-18-24-46(4,5)31-42(55)62-36-49(10,34-59-14)35-60-40(53)22-28-52(45(58)65-30-21-27-51(12)13)29-23-41(54)61-37-50(11,38-63-43(56)32-47(6,7)25-19-16-2)39-64-44(57)33-48(8,9)26-20-17-3/h15-39H2,1-14H3. The van der Waals surface area contributed by atoms with Gasteiger partial charge in [-0.15, -0.1) is 0 Å². The first-order valence-electron chi connectivity index (χ1n) is 24.1. The van der Waals surface area contributed by atoms with Crippen LogP contribution in [0.5, 0.6) is 0 Å². The van der Waals surface area contributed by atoms with Crippen LogP contribution in [0.2, 0.25) is 0 Å². The van der Waals surface area contributed by atoms with E-state index in [1.54, 1.807) is 6.92 Å². The van der Waals surface area contributed by atoms with Crippen LogP contribution in [0.4, 0.5) is 4.79 Å². The second kappa shape index (κ2) is 32.0. The molecule has 0 aromatic carbocycles. The van der Waals surface area contributed by atoms with Crippen molar-refractivity contribution in [3.63, 3.8) is 0 Å². The van der Waals surface area contributed by atoms with Crippen molar-refractivity contribution < 1.29 is 57.2 Å². The average molecular weight is 945 g/mol. The van der Waals surface area contributed by atoms with E-state index in [-0.39, 0.29) is 124 Å². The Bertz CT molecular complexity index is 1380. The summed E-state index contributed by atoms with van der Waals surface area (Å²) in [7, 11) is 5.44. The summed E-state index contributed by atoms with van der Waals surface area (Å²) in [6.45, 7) is 22.5. The molecule has 0 bridgehead atoms. The van der Waals surface area contributed by atoms with Gasteiger partial charge in [0.05, 0.1) is 49.5 Å². The summed E-state index contributed by atoms with van der Waals surface area (Å²) in [5.41, 5.74) is -2.51. The Labute approximate surface area is 398 Å². The van der Waals surface area contributed by atoms with Crippen molar-refractivity contribution in [2.75, 3.05) is 86.2 Å². The molecule has 1 unspecified atom stereocenters. The summed E-state index contributed by atoms with van der Waals surface area (Å²) in [6, 6.07) is 0. The molecule has 14 nitrogen and oxygen atoms in total. The highest BCUT2D eigenvalue weighted by atomic mass is 32.2.